The van der Waals surface area contributed by atoms with Crippen LogP contribution in [-0.2, 0) is 20.7 Å². The normalized spacial score (nSPS) is 17.3. The maximum atomic E-state index is 12.7. The van der Waals surface area contributed by atoms with Crippen molar-refractivity contribution >= 4 is 17.1 Å². The first kappa shape index (κ1) is 18.6. The zero-order valence-corrected chi connectivity index (χ0v) is 14.4. The van der Waals surface area contributed by atoms with Crippen molar-refractivity contribution < 1.29 is 24.0 Å². The van der Waals surface area contributed by atoms with E-state index in [1.165, 1.54) is 0 Å². The van der Waals surface area contributed by atoms with Crippen LogP contribution in [0.1, 0.15) is 19.8 Å². The highest BCUT2D eigenvalue weighted by atomic mass is 32.2. The minimum Gasteiger partial charge on any atom is -0.611 e. The molecule has 130 valence electrons. The van der Waals surface area contributed by atoms with Gasteiger partial charge in [0.15, 0.2) is 4.90 Å². The van der Waals surface area contributed by atoms with Gasteiger partial charge in [0.05, 0.1) is 0 Å². The van der Waals surface area contributed by atoms with Crippen LogP contribution in [0.3, 0.4) is 0 Å². The van der Waals surface area contributed by atoms with E-state index in [0.29, 0.717) is 43.3 Å². The number of hydroxylamine groups is 1. The van der Waals surface area contributed by atoms with Crippen LogP contribution < -0.4 is 10.2 Å². The number of hydrogen-bond acceptors (Lipinski definition) is 5. The van der Waals surface area contributed by atoms with Crippen molar-refractivity contribution in [3.8, 4) is 17.6 Å². The standard InChI is InChI=1S/C17H21NO5S/c1-2-3-10-23-14-4-6-15(7-5-14)24(21)13-17(16(19)18-20)8-11-22-12-9-17/h4-7,20H,8-13H2,1H3,(H,18,19). The summed E-state index contributed by atoms with van der Waals surface area (Å²) in [4.78, 5) is 12.7. The van der Waals surface area contributed by atoms with Crippen LogP contribution in [-0.4, -0.2) is 41.2 Å². The highest BCUT2D eigenvalue weighted by Gasteiger charge is 2.44. The van der Waals surface area contributed by atoms with Gasteiger partial charge in [0.1, 0.15) is 23.5 Å². The summed E-state index contributed by atoms with van der Waals surface area (Å²) < 4.78 is 23.4. The molecule has 7 heteroatoms. The summed E-state index contributed by atoms with van der Waals surface area (Å²) in [6, 6.07) is 6.89. The Morgan fingerprint density at radius 1 is 1.42 bits per heavy atom. The molecule has 1 atom stereocenters. The fourth-order valence-electron chi connectivity index (χ4n) is 2.53. The lowest BCUT2D eigenvalue weighted by Gasteiger charge is -2.34. The summed E-state index contributed by atoms with van der Waals surface area (Å²) in [7, 11) is 0. The fraction of sp³-hybridized carbons (Fsp3) is 0.471. The highest BCUT2D eigenvalue weighted by molar-refractivity contribution is 7.91. The molecular formula is C17H21NO5S. The summed E-state index contributed by atoms with van der Waals surface area (Å²) in [5.41, 5.74) is 0.837. The molecule has 0 aromatic heterocycles. The molecule has 0 aliphatic carbocycles. The van der Waals surface area contributed by atoms with Crippen LogP contribution in [0.15, 0.2) is 29.2 Å². The van der Waals surface area contributed by atoms with Gasteiger partial charge in [-0.05, 0) is 55.2 Å². The van der Waals surface area contributed by atoms with Gasteiger partial charge in [-0.15, -0.1) is 5.92 Å². The Bertz CT molecular complexity index is 602. The molecular weight excluding hydrogens is 330 g/mol. The van der Waals surface area contributed by atoms with Gasteiger partial charge in [-0.2, -0.15) is 0 Å². The van der Waals surface area contributed by atoms with Crippen molar-refractivity contribution in [1.82, 2.24) is 5.48 Å². The van der Waals surface area contributed by atoms with E-state index in [-0.39, 0.29) is 5.75 Å². The van der Waals surface area contributed by atoms with E-state index in [9.17, 15) is 9.35 Å². The minimum absolute atomic E-state index is 0.143. The molecule has 1 aromatic carbocycles. The zero-order chi connectivity index (χ0) is 17.4. The second-order valence-corrected chi connectivity index (χ2v) is 6.96. The lowest BCUT2D eigenvalue weighted by atomic mass is 9.81. The molecule has 6 nitrogen and oxygen atoms in total. The first-order valence-electron chi connectivity index (χ1n) is 7.64. The Morgan fingerprint density at radius 2 is 2.08 bits per heavy atom. The number of amides is 1. The molecule has 24 heavy (non-hydrogen) atoms. The summed E-state index contributed by atoms with van der Waals surface area (Å²) in [6.07, 6.45) is 0.865. The van der Waals surface area contributed by atoms with Gasteiger partial charge >= 0.3 is 0 Å². The molecule has 1 saturated heterocycles. The third-order valence-corrected chi connectivity index (χ3v) is 5.63. The van der Waals surface area contributed by atoms with Crippen molar-refractivity contribution in [3.63, 3.8) is 0 Å². The van der Waals surface area contributed by atoms with E-state index in [0.717, 1.165) is 0 Å². The molecule has 2 N–H and O–H groups in total. The molecule has 0 bridgehead atoms. The Kier molecular flexibility index (Phi) is 6.94. The molecule has 2 rings (SSSR count). The molecule has 1 aliphatic rings. The van der Waals surface area contributed by atoms with Crippen LogP contribution in [0.4, 0.5) is 0 Å². The Hall–Kier alpha value is -1.72. The molecule has 1 unspecified atom stereocenters. The SMILES string of the molecule is CC#CCOc1ccc([S+]([O-])CC2(C(=O)NO)CCOCC2)cc1. The van der Waals surface area contributed by atoms with E-state index >= 15 is 0 Å². The van der Waals surface area contributed by atoms with Crippen LogP contribution in [0.5, 0.6) is 5.75 Å². The van der Waals surface area contributed by atoms with Crippen molar-refractivity contribution in [2.24, 2.45) is 5.41 Å². The lowest BCUT2D eigenvalue weighted by molar-refractivity contribution is -0.143. The van der Waals surface area contributed by atoms with Gasteiger partial charge in [-0.1, -0.05) is 5.92 Å². The molecule has 1 amide bonds. The largest absolute Gasteiger partial charge is 0.611 e. The predicted octanol–water partition coefficient (Wildman–Crippen LogP) is 1.50. The average molecular weight is 351 g/mol. The number of benzene rings is 1. The lowest BCUT2D eigenvalue weighted by Crippen LogP contribution is -2.47. The van der Waals surface area contributed by atoms with Gasteiger partial charge in [0.2, 0.25) is 0 Å². The van der Waals surface area contributed by atoms with E-state index in [4.69, 9.17) is 14.7 Å². The number of rotatable bonds is 6. The van der Waals surface area contributed by atoms with Crippen LogP contribution in [0.2, 0.25) is 0 Å². The molecule has 0 radical (unpaired) electrons. The molecule has 0 saturated carbocycles. The maximum Gasteiger partial charge on any atom is 0.254 e. The summed E-state index contributed by atoms with van der Waals surface area (Å²) >= 11 is -1.37. The van der Waals surface area contributed by atoms with Crippen LogP contribution in [0, 0.1) is 17.3 Å². The number of hydrogen-bond donors (Lipinski definition) is 2. The van der Waals surface area contributed by atoms with Gasteiger partial charge in [0, 0.05) is 13.2 Å². The van der Waals surface area contributed by atoms with Crippen molar-refractivity contribution in [3.05, 3.63) is 24.3 Å². The molecule has 0 spiro atoms. The summed E-state index contributed by atoms with van der Waals surface area (Å²) in [5, 5.41) is 9.01. The van der Waals surface area contributed by atoms with E-state index < -0.39 is 22.5 Å². The summed E-state index contributed by atoms with van der Waals surface area (Å²) in [5.74, 6) is 5.83. The topological polar surface area (TPSA) is 90.9 Å². The Morgan fingerprint density at radius 3 is 2.67 bits per heavy atom. The number of carbonyl (C=O) groups excluding carboxylic acids is 1. The average Bonchev–Trinajstić information content (AvgIpc) is 2.62. The van der Waals surface area contributed by atoms with Gasteiger partial charge in [-0.25, -0.2) is 5.48 Å². The van der Waals surface area contributed by atoms with Gasteiger partial charge in [-0.3, -0.25) is 10.0 Å². The Balaban J connectivity index is 2.04. The quantitative estimate of drug-likeness (QED) is 0.351. The van der Waals surface area contributed by atoms with E-state index in [2.05, 4.69) is 11.8 Å². The number of nitrogens with one attached hydrogen (secondary N) is 1. The molecule has 1 aliphatic heterocycles. The third kappa shape index (κ3) is 4.65. The second-order valence-electron chi connectivity index (χ2n) is 5.51. The molecule has 1 fully saturated rings. The molecule has 1 aromatic rings. The van der Waals surface area contributed by atoms with E-state index in [1.807, 2.05) is 0 Å². The smallest absolute Gasteiger partial charge is 0.254 e. The van der Waals surface area contributed by atoms with Gasteiger partial charge < -0.3 is 14.0 Å². The van der Waals surface area contributed by atoms with Crippen molar-refractivity contribution in [1.29, 1.82) is 0 Å². The van der Waals surface area contributed by atoms with Crippen LogP contribution >= 0.6 is 0 Å². The first-order chi connectivity index (χ1) is 11.6. The number of carbonyl (C=O) groups is 1. The van der Waals surface area contributed by atoms with Crippen molar-refractivity contribution in [2.75, 3.05) is 25.6 Å². The second kappa shape index (κ2) is 8.94. The maximum absolute atomic E-state index is 12.7. The Labute approximate surface area is 144 Å². The van der Waals surface area contributed by atoms with E-state index in [1.54, 1.807) is 36.7 Å². The zero-order valence-electron chi connectivity index (χ0n) is 13.5. The summed E-state index contributed by atoms with van der Waals surface area (Å²) in [6.45, 7) is 2.87. The minimum atomic E-state index is -1.37. The van der Waals surface area contributed by atoms with Gasteiger partial charge in [0.25, 0.3) is 5.91 Å². The monoisotopic (exact) mass is 351 g/mol. The fourth-order valence-corrected chi connectivity index (χ4v) is 4.06. The number of ether oxygens (including phenoxy) is 2. The predicted molar refractivity (Wildman–Crippen MR) is 89.1 cm³/mol. The first-order valence-corrected chi connectivity index (χ1v) is 8.96. The molecule has 1 heterocycles. The third-order valence-electron chi connectivity index (χ3n) is 4.01. The highest BCUT2D eigenvalue weighted by Crippen LogP contribution is 2.34. The van der Waals surface area contributed by atoms with Crippen molar-refractivity contribution in [2.45, 2.75) is 24.7 Å². The van der Waals surface area contributed by atoms with Crippen LogP contribution in [0.25, 0.3) is 0 Å².